The number of hydrogen-bond acceptors (Lipinski definition) is 20. The molecule has 1 fully saturated rings. The average Bonchev–Trinajstić information content (AvgIpc) is 3.60. The summed E-state index contributed by atoms with van der Waals surface area (Å²) in [5.41, 5.74) is 0.889. The van der Waals surface area contributed by atoms with E-state index in [4.69, 9.17) is 4.74 Å². The molecule has 0 bridgehead atoms. The number of rotatable bonds is 33. The summed E-state index contributed by atoms with van der Waals surface area (Å²) in [6.45, 7) is 8.77. The van der Waals surface area contributed by atoms with Gasteiger partial charge in [-0.2, -0.15) is 4.72 Å². The van der Waals surface area contributed by atoms with E-state index in [0.717, 1.165) is 10.5 Å². The summed E-state index contributed by atoms with van der Waals surface area (Å²) in [6.07, 6.45) is 4.94. The number of aliphatic carboxylic acids is 3. The maximum Gasteiger partial charge on any atom is 0.323 e. The molecular weight excluding hydrogens is 1180 g/mol. The van der Waals surface area contributed by atoms with Gasteiger partial charge in [0.05, 0.1) is 49.0 Å². The minimum Gasteiger partial charge on any atom is -0.512 e. The Morgan fingerprint density at radius 2 is 1.39 bits per heavy atom. The van der Waals surface area contributed by atoms with E-state index >= 15 is 0 Å². The maximum atomic E-state index is 13.7. The normalized spacial score (nSPS) is 14.7. The van der Waals surface area contributed by atoms with E-state index in [1.807, 2.05) is 4.90 Å². The van der Waals surface area contributed by atoms with Gasteiger partial charge in [0.15, 0.2) is 5.95 Å². The van der Waals surface area contributed by atoms with Gasteiger partial charge < -0.3 is 61.3 Å². The van der Waals surface area contributed by atoms with Gasteiger partial charge in [-0.3, -0.25) is 72.4 Å². The summed E-state index contributed by atoms with van der Waals surface area (Å²) in [4.78, 5) is 141. The Morgan fingerprint density at radius 3 is 1.94 bits per heavy atom. The number of ether oxygens (including phenoxy) is 1. The van der Waals surface area contributed by atoms with E-state index in [1.165, 1.54) is 32.2 Å². The van der Waals surface area contributed by atoms with Crippen LogP contribution >= 0.6 is 0 Å². The zero-order chi connectivity index (χ0) is 65.4. The van der Waals surface area contributed by atoms with Gasteiger partial charge in [0.1, 0.15) is 23.4 Å². The third-order valence-electron chi connectivity index (χ3n) is 14.3. The first kappa shape index (κ1) is 70.9. The highest BCUT2D eigenvalue weighted by atomic mass is 32.2. The van der Waals surface area contributed by atoms with Crippen molar-refractivity contribution in [1.82, 2.24) is 65.0 Å². The Balaban J connectivity index is 1.02. The fourth-order valence-corrected chi connectivity index (χ4v) is 11.4. The van der Waals surface area contributed by atoms with Crippen molar-refractivity contribution in [2.45, 2.75) is 70.0 Å². The number of sulfonamides is 1. The molecule has 1 aliphatic rings. The van der Waals surface area contributed by atoms with Crippen molar-refractivity contribution in [2.24, 2.45) is 7.05 Å². The molecule has 0 spiro atoms. The number of aliphatic hydroxyl groups is 1. The van der Waals surface area contributed by atoms with Crippen LogP contribution in [0.4, 0.5) is 5.95 Å². The number of imide groups is 1. The third kappa shape index (κ3) is 23.0. The number of H-pyrrole nitrogens is 1. The molecule has 0 saturated carbocycles. The van der Waals surface area contributed by atoms with Crippen LogP contribution in [0.1, 0.15) is 59.7 Å². The third-order valence-corrected chi connectivity index (χ3v) is 16.1. The van der Waals surface area contributed by atoms with Gasteiger partial charge in [0, 0.05) is 129 Å². The average molecular weight is 1270 g/mol. The van der Waals surface area contributed by atoms with E-state index in [0.29, 0.717) is 31.1 Å². The minimum absolute atomic E-state index is 0.00330. The number of nitrogens with zero attached hydrogens (tertiary/aromatic N) is 7. The van der Waals surface area contributed by atoms with E-state index in [9.17, 15) is 76.8 Å². The van der Waals surface area contributed by atoms with E-state index < -0.39 is 75.6 Å². The molecule has 2 aromatic carbocycles. The van der Waals surface area contributed by atoms with Gasteiger partial charge in [-0.25, -0.2) is 13.4 Å². The predicted molar refractivity (Wildman–Crippen MR) is 323 cm³/mol. The number of anilines is 1. The Hall–Kier alpha value is -8.82. The molecule has 4 aromatic rings. The SMILES string of the molecule is C=C(O)CN1CCN(CC(=O)O)CCN(CC(=O)N(C=O)CCC(=O)NC(CC)C(=O)NCCNC(=O)CCCOc2cc(C)c(S(=O)(=O)NC(CNC(=O)c3cn(C)c4cc(CNc5ncc[nH]5)ccc4c3=O)C(=O)O)c(C)c2)CCN(CC(=O)O)CC1. The number of aliphatic hydroxyl groups excluding tert-OH is 1. The first-order valence-corrected chi connectivity index (χ1v) is 30.2. The summed E-state index contributed by atoms with van der Waals surface area (Å²) in [7, 11) is -2.88. The number of aromatic nitrogens is 3. The predicted octanol–water partition coefficient (Wildman–Crippen LogP) is -1.22. The van der Waals surface area contributed by atoms with Gasteiger partial charge in [0.2, 0.25) is 45.5 Å². The summed E-state index contributed by atoms with van der Waals surface area (Å²) in [6, 6.07) is 5.11. The smallest absolute Gasteiger partial charge is 0.323 e. The van der Waals surface area contributed by atoms with E-state index in [2.05, 4.69) is 47.9 Å². The highest BCUT2D eigenvalue weighted by molar-refractivity contribution is 7.89. The Bertz CT molecular complexity index is 3290. The number of carboxylic acid groups (broad SMARTS) is 3. The van der Waals surface area contributed by atoms with Crippen LogP contribution < -0.4 is 41.5 Å². The lowest BCUT2D eigenvalue weighted by atomic mass is 10.1. The van der Waals surface area contributed by atoms with Crippen LogP contribution in [0, 0.1) is 13.8 Å². The molecule has 5 rings (SSSR count). The monoisotopic (exact) mass is 1260 g/mol. The molecule has 2 aromatic heterocycles. The quantitative estimate of drug-likeness (QED) is 0.0151. The second-order valence-corrected chi connectivity index (χ2v) is 22.9. The molecule has 2 unspecified atom stereocenters. The molecule has 32 heteroatoms. The number of aromatic amines is 1. The lowest BCUT2D eigenvalue weighted by Gasteiger charge is -2.33. The molecule has 2 atom stereocenters. The van der Waals surface area contributed by atoms with Crippen molar-refractivity contribution in [1.29, 1.82) is 0 Å². The van der Waals surface area contributed by atoms with Crippen molar-refractivity contribution in [3.63, 3.8) is 0 Å². The number of nitrogens with one attached hydrogen (secondary N) is 7. The van der Waals surface area contributed by atoms with E-state index in [1.54, 1.807) is 63.8 Å². The zero-order valence-electron chi connectivity index (χ0n) is 50.2. The summed E-state index contributed by atoms with van der Waals surface area (Å²) >= 11 is 0. The molecule has 486 valence electrons. The molecule has 1 aliphatic heterocycles. The molecule has 3 heterocycles. The molecule has 0 radical (unpaired) electrons. The molecule has 6 amide bonds. The number of pyridine rings is 1. The van der Waals surface area contributed by atoms with Gasteiger partial charge >= 0.3 is 17.9 Å². The first-order valence-electron chi connectivity index (χ1n) is 28.7. The standard InChI is InChI=1S/C57H80N14O17S/c1-6-44(64-48(75)11-16-71(36-72)49(76)33-68-19-23-69(34-50(77)78)21-17-67(31-39(4)73)18-22-70(24-20-68)35-51(79)80)55(83)59-13-12-58-47(74)8-7-25-88-41-26-37(2)53(38(3)27-41)89(86,87)65-45(56(84)85)30-62-54(82)43-32-66(5)46-28-40(9-10-42(46)52(43)81)29-63-57-60-14-15-61-57/h9-10,14-15,26-28,32,36,44-45,65,73H,4,6-8,11-13,16-25,29-31,33-35H2,1-3,5H3,(H,58,74)(H,59,83)(H,62,82)(H,64,75)(H,77,78)(H,79,80)(H,84,85)(H2,60,61,63). The van der Waals surface area contributed by atoms with Crippen molar-refractivity contribution < 1.29 is 76.7 Å². The molecule has 31 nitrogen and oxygen atoms in total. The molecule has 0 aliphatic carbocycles. The van der Waals surface area contributed by atoms with Crippen LogP contribution in [-0.2, 0) is 62.0 Å². The highest BCUT2D eigenvalue weighted by Gasteiger charge is 2.30. The van der Waals surface area contributed by atoms with Crippen LogP contribution in [0.2, 0.25) is 0 Å². The number of aryl methyl sites for hydroxylation is 3. The van der Waals surface area contributed by atoms with Crippen LogP contribution in [0.15, 0.2) is 71.0 Å². The molecular formula is C57H80N14O17S. The van der Waals surface area contributed by atoms with Gasteiger partial charge in [-0.05, 0) is 67.6 Å². The number of carbonyl (C=O) groups is 9. The van der Waals surface area contributed by atoms with Gasteiger partial charge in [0.25, 0.3) is 5.91 Å². The largest absolute Gasteiger partial charge is 0.512 e. The number of benzene rings is 2. The number of fused-ring (bicyclic) bond motifs is 1. The lowest BCUT2D eigenvalue weighted by Crippen LogP contribution is -2.50. The number of carbonyl (C=O) groups excluding carboxylic acids is 6. The minimum atomic E-state index is -4.52. The van der Waals surface area contributed by atoms with Crippen molar-refractivity contribution in [2.75, 3.05) is 117 Å². The topological polar surface area (TPSA) is 417 Å². The number of hydrogen-bond donors (Lipinski definition) is 11. The Labute approximate surface area is 513 Å². The Kier molecular flexibility index (Phi) is 27.6. The summed E-state index contributed by atoms with van der Waals surface area (Å²) in [5.74, 6) is -6.13. The number of imidazole rings is 1. The van der Waals surface area contributed by atoms with Crippen molar-refractivity contribution in [3.05, 3.63) is 93.7 Å². The zero-order valence-corrected chi connectivity index (χ0v) is 51.1. The molecule has 11 N–H and O–H groups in total. The van der Waals surface area contributed by atoms with E-state index in [-0.39, 0.29) is 168 Å². The summed E-state index contributed by atoms with van der Waals surface area (Å²) in [5, 5.41) is 52.6. The van der Waals surface area contributed by atoms with Crippen LogP contribution in [0.5, 0.6) is 5.75 Å². The van der Waals surface area contributed by atoms with Gasteiger partial charge in [-0.1, -0.05) is 19.6 Å². The second kappa shape index (κ2) is 34.7. The lowest BCUT2D eigenvalue weighted by molar-refractivity contribution is -0.141. The van der Waals surface area contributed by atoms with Crippen LogP contribution in [-0.4, -0.2) is 245 Å². The number of carboxylic acids is 3. The van der Waals surface area contributed by atoms with Crippen LogP contribution in [0.25, 0.3) is 10.9 Å². The first-order chi connectivity index (χ1) is 42.3. The maximum absolute atomic E-state index is 13.7. The summed E-state index contributed by atoms with van der Waals surface area (Å²) < 4.78 is 36.9. The Morgan fingerprint density at radius 1 is 0.798 bits per heavy atom. The molecule has 89 heavy (non-hydrogen) atoms. The fourth-order valence-electron chi connectivity index (χ4n) is 9.71. The number of amides is 6. The fraction of sp³-hybridized carbons (Fsp3) is 0.491. The second-order valence-electron chi connectivity index (χ2n) is 21.3. The van der Waals surface area contributed by atoms with Gasteiger partial charge in [-0.15, -0.1) is 0 Å². The van der Waals surface area contributed by atoms with Crippen molar-refractivity contribution in [3.8, 4) is 5.75 Å². The van der Waals surface area contributed by atoms with Crippen molar-refractivity contribution >= 4 is 80.7 Å². The molecule has 1 saturated heterocycles. The van der Waals surface area contributed by atoms with Crippen LogP contribution in [0.3, 0.4) is 0 Å². The highest BCUT2D eigenvalue weighted by Crippen LogP contribution is 2.26.